The average Bonchev–Trinajstić information content (AvgIpc) is 3.21. The summed E-state index contributed by atoms with van der Waals surface area (Å²) in [7, 11) is 6.65. The van der Waals surface area contributed by atoms with Crippen molar-refractivity contribution in [1.29, 1.82) is 0 Å². The maximum Gasteiger partial charge on any atom is 0.337 e. The number of hydrogen-bond donors (Lipinski definition) is 2. The molecule has 37 heavy (non-hydrogen) atoms. The zero-order valence-electron chi connectivity index (χ0n) is 20.9. The Morgan fingerprint density at radius 1 is 1.00 bits per heavy atom. The number of benzene rings is 3. The van der Waals surface area contributed by atoms with E-state index >= 15 is 0 Å². The molecule has 2 N–H and O–H groups in total. The molecule has 0 saturated heterocycles. The number of aromatic nitrogens is 1. The number of amides is 1. The molecule has 4 rings (SSSR count). The molecule has 0 saturated carbocycles. The van der Waals surface area contributed by atoms with Crippen LogP contribution in [0.1, 0.15) is 21.5 Å². The number of carbonyl (C=O) groups excluding carboxylic acids is 2. The van der Waals surface area contributed by atoms with E-state index in [1.54, 1.807) is 48.3 Å². The molecule has 0 aliphatic heterocycles. The van der Waals surface area contributed by atoms with E-state index in [9.17, 15) is 14.7 Å². The predicted molar refractivity (Wildman–Crippen MR) is 146 cm³/mol. The summed E-state index contributed by atoms with van der Waals surface area (Å²) in [6, 6.07) is 19.6. The molecule has 8 nitrogen and oxygen atoms in total. The fourth-order valence-electron chi connectivity index (χ4n) is 4.01. The Hall–Kier alpha value is -4.14. The van der Waals surface area contributed by atoms with Crippen LogP contribution in [0.5, 0.6) is 5.88 Å². The standard InChI is InChI=1S/C28H27ClN4O4/c1-32(2)16-24(34)33(3)23-13-11-19(15-21(23)29)30-26(17-8-6-5-7-9-17)25-20-12-10-18(28(36)37-4)14-22(20)31-27(25)35/h5-15,31,35H,16H2,1-4H3. The van der Waals surface area contributed by atoms with Gasteiger partial charge in [-0.25, -0.2) is 9.79 Å². The fraction of sp³-hybridized carbons (Fsp3) is 0.179. The number of aliphatic imine (C=N–C) groups is 1. The molecule has 9 heteroatoms. The molecule has 0 radical (unpaired) electrons. The molecular weight excluding hydrogens is 492 g/mol. The highest BCUT2D eigenvalue weighted by Gasteiger charge is 2.21. The van der Waals surface area contributed by atoms with Gasteiger partial charge in [-0.1, -0.05) is 48.0 Å². The van der Waals surface area contributed by atoms with Crippen molar-refractivity contribution in [2.24, 2.45) is 4.99 Å². The zero-order chi connectivity index (χ0) is 26.7. The van der Waals surface area contributed by atoms with Gasteiger partial charge in [-0.15, -0.1) is 0 Å². The van der Waals surface area contributed by atoms with Gasteiger partial charge in [0, 0.05) is 23.5 Å². The van der Waals surface area contributed by atoms with Crippen LogP contribution < -0.4 is 4.90 Å². The molecule has 1 heterocycles. The fourth-order valence-corrected chi connectivity index (χ4v) is 4.31. The molecule has 1 aromatic heterocycles. The summed E-state index contributed by atoms with van der Waals surface area (Å²) in [6.45, 7) is 0.252. The summed E-state index contributed by atoms with van der Waals surface area (Å²) in [5.74, 6) is -0.655. The van der Waals surface area contributed by atoms with Crippen LogP contribution in [0.25, 0.3) is 10.9 Å². The minimum atomic E-state index is -0.474. The van der Waals surface area contributed by atoms with Gasteiger partial charge in [-0.05, 0) is 44.4 Å². The summed E-state index contributed by atoms with van der Waals surface area (Å²) in [5.41, 5.74) is 3.80. The normalized spacial score (nSPS) is 11.7. The number of hydrogen-bond acceptors (Lipinski definition) is 6. The molecule has 4 aromatic rings. The highest BCUT2D eigenvalue weighted by molar-refractivity contribution is 6.34. The van der Waals surface area contributed by atoms with Gasteiger partial charge < -0.3 is 24.6 Å². The first kappa shape index (κ1) is 25.9. The van der Waals surface area contributed by atoms with Crippen LogP contribution in [0.3, 0.4) is 0 Å². The molecule has 0 bridgehead atoms. The van der Waals surface area contributed by atoms with E-state index in [-0.39, 0.29) is 18.3 Å². The third-order valence-corrected chi connectivity index (χ3v) is 6.15. The zero-order valence-corrected chi connectivity index (χ0v) is 21.7. The second kappa shape index (κ2) is 10.9. The minimum Gasteiger partial charge on any atom is -0.494 e. The number of anilines is 1. The van der Waals surface area contributed by atoms with E-state index < -0.39 is 5.97 Å². The molecular formula is C28H27ClN4O4. The van der Waals surface area contributed by atoms with Crippen LogP contribution in [-0.4, -0.2) is 67.4 Å². The first-order valence-electron chi connectivity index (χ1n) is 11.5. The summed E-state index contributed by atoms with van der Waals surface area (Å²) in [4.78, 5) is 35.6. The third kappa shape index (κ3) is 5.50. The van der Waals surface area contributed by atoms with E-state index in [2.05, 4.69) is 4.98 Å². The van der Waals surface area contributed by atoms with E-state index in [1.165, 1.54) is 12.0 Å². The van der Waals surface area contributed by atoms with Crippen LogP contribution in [0.4, 0.5) is 11.4 Å². The molecule has 0 fully saturated rings. The van der Waals surface area contributed by atoms with Gasteiger partial charge >= 0.3 is 5.97 Å². The van der Waals surface area contributed by atoms with Crippen molar-refractivity contribution >= 4 is 51.5 Å². The maximum absolute atomic E-state index is 12.5. The molecule has 1 amide bonds. The van der Waals surface area contributed by atoms with E-state index in [4.69, 9.17) is 21.3 Å². The first-order chi connectivity index (χ1) is 17.7. The van der Waals surface area contributed by atoms with Crippen molar-refractivity contribution in [3.05, 3.63) is 88.4 Å². The summed E-state index contributed by atoms with van der Waals surface area (Å²) < 4.78 is 4.81. The number of aromatic amines is 1. The SMILES string of the molecule is COC(=O)c1ccc2c(C(=Nc3ccc(N(C)C(=O)CN(C)C)c(Cl)c3)c3ccccc3)c(O)[nH]c2c1. The van der Waals surface area contributed by atoms with E-state index in [0.717, 1.165) is 5.56 Å². The molecule has 0 aliphatic rings. The maximum atomic E-state index is 12.5. The number of esters is 1. The number of nitrogens with zero attached hydrogens (tertiary/aromatic N) is 3. The van der Waals surface area contributed by atoms with Crippen molar-refractivity contribution in [3.8, 4) is 5.88 Å². The van der Waals surface area contributed by atoms with Gasteiger partial charge in [-0.3, -0.25) is 4.79 Å². The van der Waals surface area contributed by atoms with Crippen LogP contribution in [0.15, 0.2) is 71.7 Å². The molecule has 0 atom stereocenters. The second-order valence-corrected chi connectivity index (χ2v) is 9.16. The monoisotopic (exact) mass is 518 g/mol. The first-order valence-corrected chi connectivity index (χ1v) is 11.9. The largest absolute Gasteiger partial charge is 0.494 e. The van der Waals surface area contributed by atoms with Gasteiger partial charge in [0.2, 0.25) is 5.91 Å². The third-order valence-electron chi connectivity index (χ3n) is 5.84. The Balaban J connectivity index is 1.82. The number of methoxy groups -OCH3 is 1. The molecule has 0 aliphatic carbocycles. The smallest absolute Gasteiger partial charge is 0.337 e. The molecule has 3 aromatic carbocycles. The number of nitrogens with one attached hydrogen (secondary N) is 1. The van der Waals surface area contributed by atoms with Gasteiger partial charge in [-0.2, -0.15) is 0 Å². The summed E-state index contributed by atoms with van der Waals surface area (Å²) in [5, 5.41) is 12.0. The number of fused-ring (bicyclic) bond motifs is 1. The summed E-state index contributed by atoms with van der Waals surface area (Å²) in [6.07, 6.45) is 0. The average molecular weight is 519 g/mol. The molecule has 0 unspecified atom stereocenters. The molecule has 190 valence electrons. The van der Waals surface area contributed by atoms with Crippen LogP contribution >= 0.6 is 11.6 Å². The number of carbonyl (C=O) groups is 2. The topological polar surface area (TPSA) is 98.2 Å². The lowest BCUT2D eigenvalue weighted by Gasteiger charge is -2.21. The van der Waals surface area contributed by atoms with Crippen molar-refractivity contribution in [3.63, 3.8) is 0 Å². The Labute approximate surface area is 219 Å². The number of H-pyrrole nitrogens is 1. The lowest BCUT2D eigenvalue weighted by Crippen LogP contribution is -2.35. The lowest BCUT2D eigenvalue weighted by atomic mass is 10.00. The highest BCUT2D eigenvalue weighted by atomic mass is 35.5. The number of rotatable bonds is 7. The van der Waals surface area contributed by atoms with Crippen LogP contribution in [-0.2, 0) is 9.53 Å². The van der Waals surface area contributed by atoms with Crippen molar-refractivity contribution in [1.82, 2.24) is 9.88 Å². The van der Waals surface area contributed by atoms with Gasteiger partial charge in [0.25, 0.3) is 0 Å². The Kier molecular flexibility index (Phi) is 7.61. The van der Waals surface area contributed by atoms with Gasteiger partial charge in [0.1, 0.15) is 0 Å². The van der Waals surface area contributed by atoms with Gasteiger partial charge in [0.15, 0.2) is 5.88 Å². The lowest BCUT2D eigenvalue weighted by molar-refractivity contribution is -0.118. The van der Waals surface area contributed by atoms with Crippen LogP contribution in [0, 0.1) is 0 Å². The van der Waals surface area contributed by atoms with Crippen molar-refractivity contribution < 1.29 is 19.4 Å². The van der Waals surface area contributed by atoms with E-state index in [0.29, 0.717) is 44.1 Å². The predicted octanol–water partition coefficient (Wildman–Crippen LogP) is 5.01. The van der Waals surface area contributed by atoms with Crippen molar-refractivity contribution in [2.75, 3.05) is 39.7 Å². The van der Waals surface area contributed by atoms with E-state index in [1.807, 2.05) is 44.4 Å². The Bertz CT molecular complexity index is 1500. The summed E-state index contributed by atoms with van der Waals surface area (Å²) >= 11 is 6.57. The minimum absolute atomic E-state index is 0.0867. The highest BCUT2D eigenvalue weighted by Crippen LogP contribution is 2.34. The Morgan fingerprint density at radius 2 is 1.73 bits per heavy atom. The number of ether oxygens (including phenoxy) is 1. The number of halogens is 1. The Morgan fingerprint density at radius 3 is 2.38 bits per heavy atom. The molecule has 0 spiro atoms. The van der Waals surface area contributed by atoms with Crippen molar-refractivity contribution in [2.45, 2.75) is 0 Å². The van der Waals surface area contributed by atoms with Crippen LogP contribution in [0.2, 0.25) is 5.02 Å². The quantitative estimate of drug-likeness (QED) is 0.265. The number of aromatic hydroxyl groups is 1. The van der Waals surface area contributed by atoms with Gasteiger partial charge in [0.05, 0.1) is 46.9 Å². The number of likely N-dealkylation sites (N-methyl/N-ethyl adjacent to an activating group) is 2. The second-order valence-electron chi connectivity index (χ2n) is 8.75.